The first-order valence-corrected chi connectivity index (χ1v) is 5.25. The molecule has 94 valence electrons. The third-order valence-electron chi connectivity index (χ3n) is 1.98. The van der Waals surface area contributed by atoms with Crippen LogP contribution in [0.5, 0.6) is 5.75 Å². The van der Waals surface area contributed by atoms with Gasteiger partial charge in [-0.15, -0.1) is 0 Å². The van der Waals surface area contributed by atoms with E-state index in [0.717, 1.165) is 0 Å². The zero-order chi connectivity index (χ0) is 12.7. The Hall–Kier alpha value is -1.82. The molecule has 1 amide bonds. The summed E-state index contributed by atoms with van der Waals surface area (Å²) in [6, 6.07) is 3.30. The minimum atomic E-state index is -0.224. The lowest BCUT2D eigenvalue weighted by atomic mass is 10.3. The molecule has 1 aromatic rings. The summed E-state index contributed by atoms with van der Waals surface area (Å²) in [5, 5.41) is 2.72. The number of carbonyl (C=O) groups excluding carboxylic acids is 1. The highest BCUT2D eigenvalue weighted by Gasteiger charge is 2.08. The highest BCUT2D eigenvalue weighted by atomic mass is 16.5. The van der Waals surface area contributed by atoms with Gasteiger partial charge >= 0.3 is 0 Å². The summed E-state index contributed by atoms with van der Waals surface area (Å²) in [5.74, 6) is 0.449. The molecule has 0 aliphatic rings. The van der Waals surface area contributed by atoms with E-state index in [4.69, 9.17) is 15.2 Å². The van der Waals surface area contributed by atoms with Crippen LogP contribution in [0.2, 0.25) is 0 Å². The first-order valence-electron chi connectivity index (χ1n) is 5.25. The molecule has 1 heterocycles. The van der Waals surface area contributed by atoms with Gasteiger partial charge in [0.2, 0.25) is 0 Å². The summed E-state index contributed by atoms with van der Waals surface area (Å²) >= 11 is 0. The van der Waals surface area contributed by atoms with E-state index in [-0.39, 0.29) is 24.4 Å². The molecule has 6 heteroatoms. The number of amides is 1. The molecule has 1 atom stereocenters. The Balaban J connectivity index is 2.36. The number of ether oxygens (including phenoxy) is 2. The summed E-state index contributed by atoms with van der Waals surface area (Å²) in [6.07, 6.45) is 1.56. The van der Waals surface area contributed by atoms with Crippen molar-refractivity contribution in [3.8, 4) is 5.75 Å². The molecule has 17 heavy (non-hydrogen) atoms. The van der Waals surface area contributed by atoms with Gasteiger partial charge in [0, 0.05) is 19.3 Å². The quantitative estimate of drug-likeness (QED) is 0.740. The molecule has 6 nitrogen and oxygen atoms in total. The van der Waals surface area contributed by atoms with Crippen molar-refractivity contribution < 1.29 is 14.3 Å². The van der Waals surface area contributed by atoms with Crippen LogP contribution in [-0.2, 0) is 9.53 Å². The number of anilines is 1. The second-order valence-electron chi connectivity index (χ2n) is 3.60. The Morgan fingerprint density at radius 2 is 2.41 bits per heavy atom. The maximum absolute atomic E-state index is 11.5. The highest BCUT2D eigenvalue weighted by molar-refractivity contribution is 5.77. The number of carbonyl (C=O) groups is 1. The monoisotopic (exact) mass is 239 g/mol. The van der Waals surface area contributed by atoms with Crippen LogP contribution < -0.4 is 15.8 Å². The summed E-state index contributed by atoms with van der Waals surface area (Å²) in [5.41, 5.74) is 5.57. The number of aromatic nitrogens is 1. The van der Waals surface area contributed by atoms with Crippen molar-refractivity contribution >= 4 is 11.7 Å². The molecule has 1 aromatic heterocycles. The molecule has 0 fully saturated rings. The lowest BCUT2D eigenvalue weighted by Gasteiger charge is -2.13. The SMILES string of the molecule is COCC(C)NC(=O)COc1cccnc1N. The standard InChI is InChI=1S/C11H17N3O3/c1-8(6-16-2)14-10(15)7-17-9-4-3-5-13-11(9)12/h3-5,8H,6-7H2,1-2H3,(H2,12,13)(H,14,15). The van der Waals surface area contributed by atoms with Crippen LogP contribution in [0.4, 0.5) is 5.82 Å². The third kappa shape index (κ3) is 4.69. The Labute approximate surface area is 100 Å². The van der Waals surface area contributed by atoms with Crippen molar-refractivity contribution in [1.82, 2.24) is 10.3 Å². The van der Waals surface area contributed by atoms with Gasteiger partial charge in [-0.25, -0.2) is 4.98 Å². The molecular weight excluding hydrogens is 222 g/mol. The second kappa shape index (κ2) is 6.70. The molecule has 0 saturated carbocycles. The Kier molecular flexibility index (Phi) is 5.22. The first-order chi connectivity index (χ1) is 8.13. The number of pyridine rings is 1. The van der Waals surface area contributed by atoms with Crippen LogP contribution in [0.15, 0.2) is 18.3 Å². The predicted molar refractivity (Wildman–Crippen MR) is 63.6 cm³/mol. The van der Waals surface area contributed by atoms with Crippen LogP contribution in [-0.4, -0.2) is 37.3 Å². The molecule has 0 aromatic carbocycles. The number of hydrogen-bond donors (Lipinski definition) is 2. The second-order valence-corrected chi connectivity index (χ2v) is 3.60. The van der Waals surface area contributed by atoms with E-state index in [1.165, 1.54) is 0 Å². The van der Waals surface area contributed by atoms with Crippen LogP contribution in [0, 0.1) is 0 Å². The third-order valence-corrected chi connectivity index (χ3v) is 1.98. The van der Waals surface area contributed by atoms with Crippen molar-refractivity contribution in [2.45, 2.75) is 13.0 Å². The molecule has 3 N–H and O–H groups in total. The molecule has 0 radical (unpaired) electrons. The predicted octanol–water partition coefficient (Wildman–Crippen LogP) is 0.194. The zero-order valence-corrected chi connectivity index (χ0v) is 9.97. The summed E-state index contributed by atoms with van der Waals surface area (Å²) in [4.78, 5) is 15.3. The lowest BCUT2D eigenvalue weighted by molar-refractivity contribution is -0.124. The Morgan fingerprint density at radius 1 is 1.65 bits per heavy atom. The molecular formula is C11H17N3O3. The Bertz CT molecular complexity index is 371. The van der Waals surface area contributed by atoms with Gasteiger partial charge in [0.05, 0.1) is 6.61 Å². The van der Waals surface area contributed by atoms with Crippen molar-refractivity contribution in [1.29, 1.82) is 0 Å². The molecule has 0 spiro atoms. The fourth-order valence-corrected chi connectivity index (χ4v) is 1.28. The first kappa shape index (κ1) is 13.2. The van der Waals surface area contributed by atoms with Gasteiger partial charge in [0.15, 0.2) is 18.2 Å². The largest absolute Gasteiger partial charge is 0.480 e. The van der Waals surface area contributed by atoms with Gasteiger partial charge in [-0.3, -0.25) is 4.79 Å². The number of nitrogens with zero attached hydrogens (tertiary/aromatic N) is 1. The number of nitrogens with one attached hydrogen (secondary N) is 1. The number of nitrogen functional groups attached to an aromatic ring is 1. The number of methoxy groups -OCH3 is 1. The van der Waals surface area contributed by atoms with Gasteiger partial charge < -0.3 is 20.5 Å². The van der Waals surface area contributed by atoms with Crippen molar-refractivity contribution in [3.63, 3.8) is 0 Å². The highest BCUT2D eigenvalue weighted by Crippen LogP contribution is 2.16. The van der Waals surface area contributed by atoms with Gasteiger partial charge in [0.1, 0.15) is 0 Å². The summed E-state index contributed by atoms with van der Waals surface area (Å²) in [6.45, 7) is 2.21. The van der Waals surface area contributed by atoms with Crippen LogP contribution in [0.25, 0.3) is 0 Å². The fraction of sp³-hybridized carbons (Fsp3) is 0.455. The normalized spacial score (nSPS) is 11.9. The van der Waals surface area contributed by atoms with Crippen molar-refractivity contribution in [2.24, 2.45) is 0 Å². The van der Waals surface area contributed by atoms with E-state index in [0.29, 0.717) is 12.4 Å². The molecule has 1 unspecified atom stereocenters. The maximum Gasteiger partial charge on any atom is 0.258 e. The van der Waals surface area contributed by atoms with Crippen molar-refractivity contribution in [3.05, 3.63) is 18.3 Å². The van der Waals surface area contributed by atoms with E-state index in [9.17, 15) is 4.79 Å². The average Bonchev–Trinajstić information content (AvgIpc) is 2.28. The number of rotatable bonds is 6. The van der Waals surface area contributed by atoms with Crippen LogP contribution in [0.1, 0.15) is 6.92 Å². The van der Waals surface area contributed by atoms with E-state index in [2.05, 4.69) is 10.3 Å². The lowest BCUT2D eigenvalue weighted by Crippen LogP contribution is -2.38. The van der Waals surface area contributed by atoms with Crippen LogP contribution in [0.3, 0.4) is 0 Å². The van der Waals surface area contributed by atoms with Gasteiger partial charge in [0.25, 0.3) is 5.91 Å². The molecule has 0 aliphatic carbocycles. The van der Waals surface area contributed by atoms with E-state index in [1.54, 1.807) is 25.4 Å². The zero-order valence-electron chi connectivity index (χ0n) is 9.97. The van der Waals surface area contributed by atoms with E-state index < -0.39 is 0 Å². The summed E-state index contributed by atoms with van der Waals surface area (Å²) < 4.78 is 10.1. The van der Waals surface area contributed by atoms with E-state index in [1.807, 2.05) is 6.92 Å². The minimum Gasteiger partial charge on any atom is -0.480 e. The van der Waals surface area contributed by atoms with Gasteiger partial charge in [-0.1, -0.05) is 0 Å². The number of hydrogen-bond acceptors (Lipinski definition) is 5. The van der Waals surface area contributed by atoms with E-state index >= 15 is 0 Å². The average molecular weight is 239 g/mol. The maximum atomic E-state index is 11.5. The minimum absolute atomic E-state index is 0.0534. The molecule has 0 saturated heterocycles. The molecule has 0 aliphatic heterocycles. The summed E-state index contributed by atoms with van der Waals surface area (Å²) in [7, 11) is 1.58. The topological polar surface area (TPSA) is 86.5 Å². The van der Waals surface area contributed by atoms with Crippen molar-refractivity contribution in [2.75, 3.05) is 26.1 Å². The number of nitrogens with two attached hydrogens (primary N) is 1. The molecule has 0 bridgehead atoms. The van der Waals surface area contributed by atoms with Gasteiger partial charge in [-0.05, 0) is 19.1 Å². The Morgan fingerprint density at radius 3 is 3.06 bits per heavy atom. The fourth-order valence-electron chi connectivity index (χ4n) is 1.28. The van der Waals surface area contributed by atoms with Gasteiger partial charge in [-0.2, -0.15) is 0 Å². The smallest absolute Gasteiger partial charge is 0.258 e. The van der Waals surface area contributed by atoms with Crippen LogP contribution >= 0.6 is 0 Å². The molecule has 1 rings (SSSR count).